The van der Waals surface area contributed by atoms with Crippen molar-refractivity contribution >= 4 is 11.6 Å². The molecule has 0 spiro atoms. The third-order valence-corrected chi connectivity index (χ3v) is 3.62. The Morgan fingerprint density at radius 2 is 2.00 bits per heavy atom. The van der Waals surface area contributed by atoms with E-state index in [0.29, 0.717) is 11.3 Å². The van der Waals surface area contributed by atoms with Crippen molar-refractivity contribution in [2.45, 2.75) is 6.92 Å². The summed E-state index contributed by atoms with van der Waals surface area (Å²) >= 11 is 0. The van der Waals surface area contributed by atoms with Crippen LogP contribution in [0.15, 0.2) is 24.5 Å². The highest BCUT2D eigenvalue weighted by atomic mass is 16.2. The molecular formula is C13H17N5O. The first-order chi connectivity index (χ1) is 9.29. The van der Waals surface area contributed by atoms with Gasteiger partial charge in [-0.2, -0.15) is 5.10 Å². The van der Waals surface area contributed by atoms with E-state index in [9.17, 15) is 4.79 Å². The topological polar surface area (TPSA) is 53.7 Å². The average molecular weight is 259 g/mol. The van der Waals surface area contributed by atoms with Gasteiger partial charge in [-0.15, -0.1) is 0 Å². The summed E-state index contributed by atoms with van der Waals surface area (Å²) in [5, 5.41) is 4.16. The van der Waals surface area contributed by atoms with E-state index in [0.717, 1.165) is 32.7 Å². The Balaban J connectivity index is 1.82. The van der Waals surface area contributed by atoms with Crippen LogP contribution < -0.4 is 0 Å². The van der Waals surface area contributed by atoms with Gasteiger partial charge in [0.05, 0.1) is 6.20 Å². The van der Waals surface area contributed by atoms with Crippen LogP contribution in [-0.2, 0) is 0 Å². The van der Waals surface area contributed by atoms with E-state index in [2.05, 4.69) is 21.9 Å². The highest BCUT2D eigenvalue weighted by Gasteiger charge is 2.23. The Bertz CT molecular complexity index is 585. The predicted octanol–water partition coefficient (Wildman–Crippen LogP) is 0.507. The Morgan fingerprint density at radius 1 is 1.21 bits per heavy atom. The van der Waals surface area contributed by atoms with E-state index in [1.54, 1.807) is 29.0 Å². The molecule has 3 heterocycles. The molecule has 1 saturated heterocycles. The summed E-state index contributed by atoms with van der Waals surface area (Å²) in [5.41, 5.74) is 1.29. The van der Waals surface area contributed by atoms with E-state index in [-0.39, 0.29) is 5.91 Å². The van der Waals surface area contributed by atoms with Crippen LogP contribution in [0.25, 0.3) is 5.65 Å². The Morgan fingerprint density at radius 3 is 2.74 bits per heavy atom. The fourth-order valence-corrected chi connectivity index (χ4v) is 2.43. The predicted molar refractivity (Wildman–Crippen MR) is 71.0 cm³/mol. The summed E-state index contributed by atoms with van der Waals surface area (Å²) in [4.78, 5) is 20.9. The molecule has 0 atom stereocenters. The number of nitrogens with zero attached hydrogens (tertiary/aromatic N) is 5. The molecule has 1 aliphatic heterocycles. The maximum absolute atomic E-state index is 12.5. The average Bonchev–Trinajstić information content (AvgIpc) is 2.95. The lowest BCUT2D eigenvalue weighted by atomic mass is 10.2. The molecule has 0 radical (unpaired) electrons. The van der Waals surface area contributed by atoms with Crippen LogP contribution in [0, 0.1) is 0 Å². The van der Waals surface area contributed by atoms with E-state index in [1.807, 2.05) is 4.90 Å². The normalized spacial score (nSPS) is 17.0. The van der Waals surface area contributed by atoms with Gasteiger partial charge in [0.2, 0.25) is 0 Å². The Hall–Kier alpha value is -1.95. The van der Waals surface area contributed by atoms with E-state index < -0.39 is 0 Å². The Kier molecular flexibility index (Phi) is 3.16. The maximum atomic E-state index is 12.5. The van der Waals surface area contributed by atoms with Crippen molar-refractivity contribution in [1.29, 1.82) is 0 Å². The monoisotopic (exact) mass is 259 g/mol. The van der Waals surface area contributed by atoms with Crippen LogP contribution in [0.2, 0.25) is 0 Å². The third-order valence-electron chi connectivity index (χ3n) is 3.62. The molecule has 1 fully saturated rings. The minimum atomic E-state index is 0.0341. The zero-order chi connectivity index (χ0) is 13.2. The van der Waals surface area contributed by atoms with Gasteiger partial charge in [0.15, 0.2) is 5.65 Å². The molecule has 19 heavy (non-hydrogen) atoms. The van der Waals surface area contributed by atoms with Gasteiger partial charge < -0.3 is 9.80 Å². The first-order valence-corrected chi connectivity index (χ1v) is 6.60. The lowest BCUT2D eigenvalue weighted by Crippen LogP contribution is -2.48. The largest absolute Gasteiger partial charge is 0.335 e. The first kappa shape index (κ1) is 12.1. The zero-order valence-corrected chi connectivity index (χ0v) is 11.0. The first-order valence-electron chi connectivity index (χ1n) is 6.60. The van der Waals surface area contributed by atoms with Gasteiger partial charge in [0.25, 0.3) is 5.91 Å². The molecule has 0 saturated carbocycles. The van der Waals surface area contributed by atoms with Crippen LogP contribution in [0.3, 0.4) is 0 Å². The standard InChI is InChI=1S/C13H17N5O/c1-2-16-7-9-17(10-8-16)13(19)11-3-5-14-12-4-6-15-18(11)12/h3-6H,2,7-10H2,1H3. The number of hydrogen-bond acceptors (Lipinski definition) is 4. The van der Waals surface area contributed by atoms with Crippen molar-refractivity contribution in [3.8, 4) is 0 Å². The van der Waals surface area contributed by atoms with Gasteiger partial charge in [0.1, 0.15) is 5.69 Å². The van der Waals surface area contributed by atoms with Crippen molar-refractivity contribution in [3.63, 3.8) is 0 Å². The van der Waals surface area contributed by atoms with E-state index in [4.69, 9.17) is 0 Å². The molecule has 0 aliphatic carbocycles. The number of aromatic nitrogens is 3. The van der Waals surface area contributed by atoms with Crippen molar-refractivity contribution in [1.82, 2.24) is 24.4 Å². The Labute approximate surface area is 111 Å². The molecule has 0 unspecified atom stereocenters. The van der Waals surface area contributed by atoms with Crippen LogP contribution in [0.1, 0.15) is 17.4 Å². The minimum Gasteiger partial charge on any atom is -0.335 e. The highest BCUT2D eigenvalue weighted by molar-refractivity contribution is 5.93. The summed E-state index contributed by atoms with van der Waals surface area (Å²) in [6.07, 6.45) is 3.32. The second kappa shape index (κ2) is 4.97. The minimum absolute atomic E-state index is 0.0341. The number of piperazine rings is 1. The fraction of sp³-hybridized carbons (Fsp3) is 0.462. The van der Waals surface area contributed by atoms with Gasteiger partial charge in [-0.25, -0.2) is 9.50 Å². The summed E-state index contributed by atoms with van der Waals surface area (Å²) in [6, 6.07) is 3.53. The molecule has 3 rings (SSSR count). The molecule has 2 aromatic heterocycles. The van der Waals surface area contributed by atoms with Gasteiger partial charge in [-0.05, 0) is 12.6 Å². The maximum Gasteiger partial charge on any atom is 0.272 e. The molecule has 100 valence electrons. The van der Waals surface area contributed by atoms with Crippen LogP contribution >= 0.6 is 0 Å². The van der Waals surface area contributed by atoms with Gasteiger partial charge in [-0.3, -0.25) is 4.79 Å². The van der Waals surface area contributed by atoms with Gasteiger partial charge in [-0.1, -0.05) is 6.92 Å². The molecule has 1 aliphatic rings. The van der Waals surface area contributed by atoms with Crippen LogP contribution in [-0.4, -0.2) is 63.0 Å². The zero-order valence-electron chi connectivity index (χ0n) is 11.0. The van der Waals surface area contributed by atoms with Gasteiger partial charge >= 0.3 is 0 Å². The molecule has 6 heteroatoms. The number of likely N-dealkylation sites (N-methyl/N-ethyl adjacent to an activating group) is 1. The lowest BCUT2D eigenvalue weighted by Gasteiger charge is -2.34. The molecular weight excluding hydrogens is 242 g/mol. The molecule has 0 N–H and O–H groups in total. The second-order valence-corrected chi connectivity index (χ2v) is 4.66. The summed E-state index contributed by atoms with van der Waals surface area (Å²) in [5.74, 6) is 0.0341. The van der Waals surface area contributed by atoms with Crippen molar-refractivity contribution in [3.05, 3.63) is 30.2 Å². The van der Waals surface area contributed by atoms with E-state index in [1.165, 1.54) is 0 Å². The van der Waals surface area contributed by atoms with Crippen LogP contribution in [0.4, 0.5) is 0 Å². The van der Waals surface area contributed by atoms with Crippen LogP contribution in [0.5, 0.6) is 0 Å². The number of fused-ring (bicyclic) bond motifs is 1. The summed E-state index contributed by atoms with van der Waals surface area (Å²) in [7, 11) is 0. The second-order valence-electron chi connectivity index (χ2n) is 4.66. The molecule has 0 bridgehead atoms. The molecule has 2 aromatic rings. The number of carbonyl (C=O) groups excluding carboxylic acids is 1. The quantitative estimate of drug-likeness (QED) is 0.788. The smallest absolute Gasteiger partial charge is 0.272 e. The summed E-state index contributed by atoms with van der Waals surface area (Å²) < 4.78 is 1.61. The SMILES string of the molecule is CCN1CCN(C(=O)c2ccnc3ccnn23)CC1. The molecule has 6 nitrogen and oxygen atoms in total. The van der Waals surface area contributed by atoms with Crippen molar-refractivity contribution in [2.24, 2.45) is 0 Å². The third kappa shape index (κ3) is 2.19. The van der Waals surface area contributed by atoms with Crippen molar-refractivity contribution < 1.29 is 4.79 Å². The number of amides is 1. The highest BCUT2D eigenvalue weighted by Crippen LogP contribution is 2.09. The molecule has 1 amide bonds. The number of rotatable bonds is 2. The molecule has 0 aromatic carbocycles. The fourth-order valence-electron chi connectivity index (χ4n) is 2.43. The number of carbonyl (C=O) groups is 1. The van der Waals surface area contributed by atoms with E-state index >= 15 is 0 Å². The van der Waals surface area contributed by atoms with Crippen molar-refractivity contribution in [2.75, 3.05) is 32.7 Å². The number of hydrogen-bond donors (Lipinski definition) is 0. The van der Waals surface area contributed by atoms with Gasteiger partial charge in [0, 0.05) is 38.4 Å². The summed E-state index contributed by atoms with van der Waals surface area (Å²) in [6.45, 7) is 6.62. The lowest BCUT2D eigenvalue weighted by molar-refractivity contribution is 0.0634.